The molecule has 2 aromatic carbocycles. The smallest absolute Gasteiger partial charge is 0.0511 e. The number of hydrogen-bond acceptors (Lipinski definition) is 0. The van der Waals surface area contributed by atoms with Crippen LogP contribution in [0.2, 0.25) is 0 Å². The van der Waals surface area contributed by atoms with E-state index in [-0.39, 0.29) is 5.38 Å². The monoisotopic (exact) mass is 264 g/mol. The zero-order chi connectivity index (χ0) is 12.1. The first-order chi connectivity index (χ1) is 8.29. The van der Waals surface area contributed by atoms with Gasteiger partial charge in [0, 0.05) is 5.88 Å². The third-order valence-corrected chi connectivity index (χ3v) is 3.52. The Morgan fingerprint density at radius 3 is 2.00 bits per heavy atom. The van der Waals surface area contributed by atoms with Gasteiger partial charge in [0.1, 0.15) is 0 Å². The lowest BCUT2D eigenvalue weighted by Crippen LogP contribution is -2.04. The molecule has 0 saturated heterocycles. The van der Waals surface area contributed by atoms with E-state index in [9.17, 15) is 0 Å². The van der Waals surface area contributed by atoms with Crippen molar-refractivity contribution in [1.82, 2.24) is 0 Å². The zero-order valence-corrected chi connectivity index (χ0v) is 11.0. The van der Waals surface area contributed by atoms with E-state index < -0.39 is 0 Å². The van der Waals surface area contributed by atoms with Gasteiger partial charge in [-0.2, -0.15) is 0 Å². The summed E-state index contributed by atoms with van der Waals surface area (Å²) >= 11 is 11.7. The Balaban J connectivity index is 2.13. The average molecular weight is 265 g/mol. The van der Waals surface area contributed by atoms with Gasteiger partial charge in [-0.25, -0.2) is 0 Å². The molecule has 0 amide bonds. The van der Waals surface area contributed by atoms with Crippen LogP contribution in [0.5, 0.6) is 0 Å². The molecule has 0 aliphatic rings. The van der Waals surface area contributed by atoms with Crippen molar-refractivity contribution in [2.75, 3.05) is 5.88 Å². The van der Waals surface area contributed by atoms with Gasteiger partial charge in [-0.15, -0.1) is 23.2 Å². The van der Waals surface area contributed by atoms with E-state index in [1.54, 1.807) is 0 Å². The van der Waals surface area contributed by atoms with E-state index in [0.717, 1.165) is 6.42 Å². The van der Waals surface area contributed by atoms with E-state index in [1.165, 1.54) is 16.7 Å². The van der Waals surface area contributed by atoms with Crippen LogP contribution in [-0.4, -0.2) is 11.3 Å². The van der Waals surface area contributed by atoms with Crippen LogP contribution in [0.4, 0.5) is 0 Å². The summed E-state index contributed by atoms with van der Waals surface area (Å²) in [4.78, 5) is 0. The summed E-state index contributed by atoms with van der Waals surface area (Å²) in [5.41, 5.74) is 3.69. The summed E-state index contributed by atoms with van der Waals surface area (Å²) < 4.78 is 0. The molecule has 0 radical (unpaired) electrons. The molecule has 1 atom stereocenters. The normalized spacial score (nSPS) is 12.4. The van der Waals surface area contributed by atoms with Crippen molar-refractivity contribution < 1.29 is 0 Å². The Bertz CT molecular complexity index is 448. The van der Waals surface area contributed by atoms with Crippen LogP contribution < -0.4 is 0 Å². The van der Waals surface area contributed by atoms with Crippen LogP contribution in [0.25, 0.3) is 11.1 Å². The molecule has 0 heterocycles. The largest absolute Gasteiger partial charge is 0.125 e. The molecule has 0 bridgehead atoms. The lowest BCUT2D eigenvalue weighted by molar-refractivity contribution is 0.938. The number of halogens is 2. The fraction of sp³-hybridized carbons (Fsp3) is 0.200. The van der Waals surface area contributed by atoms with Gasteiger partial charge in [-0.1, -0.05) is 54.6 Å². The molecule has 0 fully saturated rings. The summed E-state index contributed by atoms with van der Waals surface area (Å²) in [6, 6.07) is 18.8. The predicted octanol–water partition coefficient (Wildman–Crippen LogP) is 4.74. The third-order valence-electron chi connectivity index (χ3n) is 2.69. The van der Waals surface area contributed by atoms with Gasteiger partial charge >= 0.3 is 0 Å². The Kier molecular flexibility index (Phi) is 4.47. The van der Waals surface area contributed by atoms with Gasteiger partial charge < -0.3 is 0 Å². The van der Waals surface area contributed by atoms with Gasteiger partial charge in [-0.3, -0.25) is 0 Å². The number of hydrogen-bond donors (Lipinski definition) is 0. The molecule has 0 saturated carbocycles. The SMILES string of the molecule is ClCC(Cl)Cc1ccc(-c2ccccc2)cc1. The first-order valence-electron chi connectivity index (χ1n) is 5.64. The van der Waals surface area contributed by atoms with Crippen LogP contribution in [0.15, 0.2) is 54.6 Å². The van der Waals surface area contributed by atoms with Crippen molar-refractivity contribution in [3.63, 3.8) is 0 Å². The maximum Gasteiger partial charge on any atom is 0.0511 e. The molecule has 2 aromatic rings. The fourth-order valence-electron chi connectivity index (χ4n) is 1.77. The quantitative estimate of drug-likeness (QED) is 0.700. The van der Waals surface area contributed by atoms with E-state index in [1.807, 2.05) is 18.2 Å². The maximum absolute atomic E-state index is 6.02. The van der Waals surface area contributed by atoms with Gasteiger partial charge in [0.25, 0.3) is 0 Å². The van der Waals surface area contributed by atoms with Crippen molar-refractivity contribution >= 4 is 23.2 Å². The highest BCUT2D eigenvalue weighted by molar-refractivity contribution is 6.28. The minimum absolute atomic E-state index is 0.0132. The topological polar surface area (TPSA) is 0 Å². The highest BCUT2D eigenvalue weighted by Gasteiger charge is 2.04. The van der Waals surface area contributed by atoms with Gasteiger partial charge in [-0.05, 0) is 23.1 Å². The molecule has 2 rings (SSSR count). The molecule has 1 unspecified atom stereocenters. The van der Waals surface area contributed by atoms with Crippen LogP contribution in [-0.2, 0) is 6.42 Å². The van der Waals surface area contributed by atoms with Crippen molar-refractivity contribution in [2.24, 2.45) is 0 Å². The Morgan fingerprint density at radius 2 is 1.41 bits per heavy atom. The van der Waals surface area contributed by atoms with Gasteiger partial charge in [0.2, 0.25) is 0 Å². The summed E-state index contributed by atoms with van der Waals surface area (Å²) in [5.74, 6) is 0.488. The van der Waals surface area contributed by atoms with E-state index in [4.69, 9.17) is 23.2 Å². The highest BCUT2D eigenvalue weighted by atomic mass is 35.5. The molecule has 0 aliphatic heterocycles. The Hall–Kier alpha value is -0.980. The standard InChI is InChI=1S/C15H14Cl2/c16-11-15(17)10-12-6-8-14(9-7-12)13-4-2-1-3-5-13/h1-9,15H,10-11H2. The molecule has 0 nitrogen and oxygen atoms in total. The number of benzene rings is 2. The van der Waals surface area contributed by atoms with E-state index in [0.29, 0.717) is 5.88 Å². The molecule has 2 heteroatoms. The number of rotatable bonds is 4. The zero-order valence-electron chi connectivity index (χ0n) is 9.44. The minimum atomic E-state index is 0.0132. The molecule has 0 aliphatic carbocycles. The van der Waals surface area contributed by atoms with Crippen LogP contribution >= 0.6 is 23.2 Å². The first kappa shape index (κ1) is 12.5. The van der Waals surface area contributed by atoms with Crippen molar-refractivity contribution in [3.8, 4) is 11.1 Å². The van der Waals surface area contributed by atoms with Crippen LogP contribution in [0, 0.1) is 0 Å². The minimum Gasteiger partial charge on any atom is -0.125 e. The Morgan fingerprint density at radius 1 is 0.824 bits per heavy atom. The fourth-order valence-corrected chi connectivity index (χ4v) is 2.06. The van der Waals surface area contributed by atoms with Gasteiger partial charge in [0.15, 0.2) is 0 Å². The van der Waals surface area contributed by atoms with Crippen molar-refractivity contribution in [2.45, 2.75) is 11.8 Å². The second-order valence-corrected chi connectivity index (χ2v) is 4.94. The number of alkyl halides is 2. The van der Waals surface area contributed by atoms with Crippen LogP contribution in [0.3, 0.4) is 0 Å². The molecule has 0 spiro atoms. The summed E-state index contributed by atoms with van der Waals surface area (Å²) in [7, 11) is 0. The van der Waals surface area contributed by atoms with Gasteiger partial charge in [0.05, 0.1) is 5.38 Å². The molecule has 88 valence electrons. The van der Waals surface area contributed by atoms with E-state index in [2.05, 4.69) is 36.4 Å². The second kappa shape index (κ2) is 6.09. The summed E-state index contributed by atoms with van der Waals surface area (Å²) in [5, 5.41) is 0.0132. The predicted molar refractivity (Wildman–Crippen MR) is 75.9 cm³/mol. The lowest BCUT2D eigenvalue weighted by atomic mass is 10.0. The molecule has 17 heavy (non-hydrogen) atoms. The summed E-state index contributed by atoms with van der Waals surface area (Å²) in [6.45, 7) is 0. The van der Waals surface area contributed by atoms with Crippen LogP contribution in [0.1, 0.15) is 5.56 Å². The maximum atomic E-state index is 6.02. The third kappa shape index (κ3) is 3.49. The average Bonchev–Trinajstić information content (AvgIpc) is 2.40. The van der Waals surface area contributed by atoms with E-state index >= 15 is 0 Å². The first-order valence-corrected chi connectivity index (χ1v) is 6.61. The molecular weight excluding hydrogens is 251 g/mol. The highest BCUT2D eigenvalue weighted by Crippen LogP contribution is 2.20. The Labute approximate surface area is 112 Å². The second-order valence-electron chi connectivity index (χ2n) is 4.02. The lowest BCUT2D eigenvalue weighted by Gasteiger charge is -2.07. The molecule has 0 aromatic heterocycles. The molecule has 0 N–H and O–H groups in total. The van der Waals surface area contributed by atoms with Crippen molar-refractivity contribution in [1.29, 1.82) is 0 Å². The molecular formula is C15H14Cl2. The summed E-state index contributed by atoms with van der Waals surface area (Å²) in [6.07, 6.45) is 0.820. The van der Waals surface area contributed by atoms with Crippen molar-refractivity contribution in [3.05, 3.63) is 60.2 Å².